The highest BCUT2D eigenvalue weighted by Gasteiger charge is 2.14. The number of aliphatic hydroxyl groups excluding tert-OH is 1. The van der Waals surface area contributed by atoms with Gasteiger partial charge < -0.3 is 10.4 Å². The lowest BCUT2D eigenvalue weighted by Crippen LogP contribution is -2.35. The Labute approximate surface area is 105 Å². The van der Waals surface area contributed by atoms with Gasteiger partial charge in [0.1, 0.15) is 5.69 Å². The van der Waals surface area contributed by atoms with Crippen LogP contribution in [0, 0.1) is 0 Å². The van der Waals surface area contributed by atoms with Crippen LogP contribution >= 0.6 is 0 Å². The van der Waals surface area contributed by atoms with Gasteiger partial charge in [0.2, 0.25) is 5.78 Å². The molecule has 2 rings (SSSR count). The number of imidazole rings is 1. The number of nitrogens with zero attached hydrogens (tertiary/aromatic N) is 3. The Morgan fingerprint density at radius 1 is 1.61 bits per heavy atom. The molecule has 0 saturated carbocycles. The normalized spacial score (nSPS) is 12.6. The second-order valence-corrected chi connectivity index (χ2v) is 4.04. The molecule has 96 valence electrons. The molecular weight excluding hydrogens is 232 g/mol. The molecule has 6 nitrogen and oxygen atoms in total. The molecule has 0 aromatic carbocycles. The molecule has 2 aromatic rings. The predicted molar refractivity (Wildman–Crippen MR) is 66.2 cm³/mol. The zero-order valence-corrected chi connectivity index (χ0v) is 10.2. The van der Waals surface area contributed by atoms with Crippen molar-refractivity contribution in [2.75, 3.05) is 6.61 Å². The molecule has 2 N–H and O–H groups in total. The average molecular weight is 248 g/mol. The van der Waals surface area contributed by atoms with E-state index in [0.717, 1.165) is 6.42 Å². The summed E-state index contributed by atoms with van der Waals surface area (Å²) < 4.78 is 1.70. The van der Waals surface area contributed by atoms with Crippen LogP contribution in [0.25, 0.3) is 5.78 Å². The number of carbonyl (C=O) groups is 1. The summed E-state index contributed by atoms with van der Waals surface area (Å²) in [6, 6.07) is 1.75. The van der Waals surface area contributed by atoms with Crippen molar-refractivity contribution in [2.24, 2.45) is 0 Å². The summed E-state index contributed by atoms with van der Waals surface area (Å²) in [5.41, 5.74) is 0.338. The number of aromatic nitrogens is 3. The van der Waals surface area contributed by atoms with Gasteiger partial charge in [0, 0.05) is 31.2 Å². The highest BCUT2D eigenvalue weighted by Crippen LogP contribution is 2.04. The average Bonchev–Trinajstić information content (AvgIpc) is 2.82. The Morgan fingerprint density at radius 2 is 2.44 bits per heavy atom. The molecule has 0 bridgehead atoms. The summed E-state index contributed by atoms with van der Waals surface area (Å²) in [7, 11) is 0. The van der Waals surface area contributed by atoms with Crippen molar-refractivity contribution < 1.29 is 9.90 Å². The highest BCUT2D eigenvalue weighted by molar-refractivity contribution is 5.92. The molecule has 0 aliphatic carbocycles. The van der Waals surface area contributed by atoms with E-state index in [1.807, 2.05) is 6.92 Å². The van der Waals surface area contributed by atoms with Crippen LogP contribution in [0.3, 0.4) is 0 Å². The molecule has 0 fully saturated rings. The lowest BCUT2D eigenvalue weighted by molar-refractivity contribution is 0.0924. The quantitative estimate of drug-likeness (QED) is 0.813. The Bertz CT molecular complexity index is 505. The molecule has 1 amide bonds. The molecule has 6 heteroatoms. The molecule has 2 heterocycles. The molecule has 0 radical (unpaired) electrons. The molecular formula is C12H16N4O2. The predicted octanol–water partition coefficient (Wildman–Crippen LogP) is 0.620. The van der Waals surface area contributed by atoms with Crippen LogP contribution in [-0.4, -0.2) is 38.0 Å². The first-order valence-electron chi connectivity index (χ1n) is 5.96. The van der Waals surface area contributed by atoms with Crippen molar-refractivity contribution in [1.82, 2.24) is 19.7 Å². The molecule has 0 aliphatic heterocycles. The number of nitrogens with one attached hydrogen (secondary N) is 1. The number of aliphatic hydroxyl groups is 1. The van der Waals surface area contributed by atoms with E-state index in [9.17, 15) is 4.79 Å². The smallest absolute Gasteiger partial charge is 0.271 e. The first-order valence-corrected chi connectivity index (χ1v) is 5.96. The van der Waals surface area contributed by atoms with Crippen LogP contribution in [0.1, 0.15) is 30.3 Å². The van der Waals surface area contributed by atoms with Gasteiger partial charge in [-0.05, 0) is 18.9 Å². The van der Waals surface area contributed by atoms with E-state index in [0.29, 0.717) is 17.9 Å². The molecule has 0 aliphatic rings. The van der Waals surface area contributed by atoms with E-state index < -0.39 is 0 Å². The first kappa shape index (κ1) is 12.5. The summed E-state index contributed by atoms with van der Waals surface area (Å²) >= 11 is 0. The molecule has 2 aromatic heterocycles. The number of amides is 1. The standard InChI is InChI=1S/C12H16N4O2/c1-2-9(4-7-17)14-11(18)10-8-16-6-3-5-13-12(16)15-10/h3,5-6,8-9,17H,2,4,7H2,1H3,(H,14,18). The maximum atomic E-state index is 12.0. The van der Waals surface area contributed by atoms with Gasteiger partial charge in [-0.25, -0.2) is 9.97 Å². The Hall–Kier alpha value is -1.95. The highest BCUT2D eigenvalue weighted by atomic mass is 16.3. The number of rotatable bonds is 5. The number of hydrogen-bond donors (Lipinski definition) is 2. The van der Waals surface area contributed by atoms with E-state index in [2.05, 4.69) is 15.3 Å². The molecule has 18 heavy (non-hydrogen) atoms. The van der Waals surface area contributed by atoms with Gasteiger partial charge in [-0.3, -0.25) is 9.20 Å². The summed E-state index contributed by atoms with van der Waals surface area (Å²) in [6.07, 6.45) is 6.39. The van der Waals surface area contributed by atoms with Crippen LogP contribution in [-0.2, 0) is 0 Å². The van der Waals surface area contributed by atoms with Crippen LogP contribution in [0.4, 0.5) is 0 Å². The van der Waals surface area contributed by atoms with E-state index in [-0.39, 0.29) is 18.6 Å². The fourth-order valence-corrected chi connectivity index (χ4v) is 1.73. The third-order valence-electron chi connectivity index (χ3n) is 2.77. The zero-order chi connectivity index (χ0) is 13.0. The maximum Gasteiger partial charge on any atom is 0.271 e. The topological polar surface area (TPSA) is 79.5 Å². The van der Waals surface area contributed by atoms with Crippen molar-refractivity contribution in [2.45, 2.75) is 25.8 Å². The fourth-order valence-electron chi connectivity index (χ4n) is 1.73. The Balaban J connectivity index is 2.13. The third-order valence-corrected chi connectivity index (χ3v) is 2.77. The van der Waals surface area contributed by atoms with Crippen LogP contribution < -0.4 is 5.32 Å². The van der Waals surface area contributed by atoms with Gasteiger partial charge >= 0.3 is 0 Å². The van der Waals surface area contributed by atoms with Gasteiger partial charge in [0.05, 0.1) is 0 Å². The largest absolute Gasteiger partial charge is 0.396 e. The van der Waals surface area contributed by atoms with Crippen LogP contribution in [0.2, 0.25) is 0 Å². The van der Waals surface area contributed by atoms with E-state index in [1.165, 1.54) is 0 Å². The van der Waals surface area contributed by atoms with Gasteiger partial charge in [-0.1, -0.05) is 6.92 Å². The van der Waals surface area contributed by atoms with Crippen molar-refractivity contribution in [3.05, 3.63) is 30.4 Å². The van der Waals surface area contributed by atoms with Crippen molar-refractivity contribution >= 4 is 11.7 Å². The minimum atomic E-state index is -0.235. The Morgan fingerprint density at radius 3 is 3.11 bits per heavy atom. The summed E-state index contributed by atoms with van der Waals surface area (Å²) in [5, 5.41) is 11.7. The van der Waals surface area contributed by atoms with Crippen molar-refractivity contribution in [1.29, 1.82) is 0 Å². The summed E-state index contributed by atoms with van der Waals surface area (Å²) in [4.78, 5) is 20.2. The number of hydrogen-bond acceptors (Lipinski definition) is 4. The SMILES string of the molecule is CCC(CCO)NC(=O)c1cn2cccnc2n1. The first-order chi connectivity index (χ1) is 8.74. The number of carbonyl (C=O) groups excluding carboxylic acids is 1. The van der Waals surface area contributed by atoms with E-state index >= 15 is 0 Å². The molecule has 1 unspecified atom stereocenters. The monoisotopic (exact) mass is 248 g/mol. The summed E-state index contributed by atoms with van der Waals surface area (Å²) in [5.74, 6) is 0.263. The number of fused-ring (bicyclic) bond motifs is 1. The van der Waals surface area contributed by atoms with Crippen molar-refractivity contribution in [3.8, 4) is 0 Å². The molecule has 0 saturated heterocycles. The second kappa shape index (κ2) is 5.59. The third kappa shape index (κ3) is 2.65. The van der Waals surface area contributed by atoms with Gasteiger partial charge in [0.25, 0.3) is 5.91 Å². The molecule has 1 atom stereocenters. The van der Waals surface area contributed by atoms with Crippen LogP contribution in [0.5, 0.6) is 0 Å². The van der Waals surface area contributed by atoms with Crippen LogP contribution in [0.15, 0.2) is 24.7 Å². The van der Waals surface area contributed by atoms with E-state index in [4.69, 9.17) is 5.11 Å². The minimum Gasteiger partial charge on any atom is -0.396 e. The van der Waals surface area contributed by atoms with Gasteiger partial charge in [0.15, 0.2) is 0 Å². The fraction of sp³-hybridized carbons (Fsp3) is 0.417. The van der Waals surface area contributed by atoms with Crippen molar-refractivity contribution in [3.63, 3.8) is 0 Å². The Kier molecular flexibility index (Phi) is 3.88. The summed E-state index contributed by atoms with van der Waals surface area (Å²) in [6.45, 7) is 2.03. The molecule has 0 spiro atoms. The lowest BCUT2D eigenvalue weighted by atomic mass is 10.1. The van der Waals surface area contributed by atoms with E-state index in [1.54, 1.807) is 29.1 Å². The second-order valence-electron chi connectivity index (χ2n) is 4.04. The zero-order valence-electron chi connectivity index (χ0n) is 10.2. The van der Waals surface area contributed by atoms with Gasteiger partial charge in [-0.2, -0.15) is 0 Å². The van der Waals surface area contributed by atoms with Gasteiger partial charge in [-0.15, -0.1) is 0 Å². The minimum absolute atomic E-state index is 0.0275. The lowest BCUT2D eigenvalue weighted by Gasteiger charge is -2.14. The maximum absolute atomic E-state index is 12.0.